The van der Waals surface area contributed by atoms with Gasteiger partial charge in [-0.1, -0.05) is 30.3 Å². The van der Waals surface area contributed by atoms with Crippen LogP contribution in [0.3, 0.4) is 0 Å². The Balaban J connectivity index is 1.74. The van der Waals surface area contributed by atoms with E-state index in [2.05, 4.69) is 4.57 Å². The molecule has 35 heavy (non-hydrogen) atoms. The molecule has 0 bridgehead atoms. The first-order valence-corrected chi connectivity index (χ1v) is 11.6. The Morgan fingerprint density at radius 3 is 2.31 bits per heavy atom. The average Bonchev–Trinajstić information content (AvgIpc) is 3.27. The van der Waals surface area contributed by atoms with Crippen molar-refractivity contribution >= 4 is 18.0 Å². The summed E-state index contributed by atoms with van der Waals surface area (Å²) in [6.45, 7) is 8.77. The number of aryl methyl sites for hydroxylation is 1. The standard InChI is InChI=1S/C29H30N2O4/c1-6-35-25-14-12-24(13-15-25)31-19(2)16-23(20(31)3)17-26-27(29(33)34-5)21(4)30(28(26)32)18-22-10-8-7-9-11-22/h7-17H,6,18H2,1-5H3/b26-17-. The van der Waals surface area contributed by atoms with Crippen molar-refractivity contribution in [2.24, 2.45) is 0 Å². The van der Waals surface area contributed by atoms with Gasteiger partial charge in [-0.25, -0.2) is 4.79 Å². The van der Waals surface area contributed by atoms with Gasteiger partial charge in [-0.15, -0.1) is 0 Å². The van der Waals surface area contributed by atoms with Crippen molar-refractivity contribution in [1.29, 1.82) is 0 Å². The highest BCUT2D eigenvalue weighted by atomic mass is 16.5. The molecular weight excluding hydrogens is 440 g/mol. The minimum absolute atomic E-state index is 0.211. The Morgan fingerprint density at radius 1 is 1.00 bits per heavy atom. The molecule has 0 N–H and O–H groups in total. The number of rotatable bonds is 7. The molecule has 1 aliphatic rings. The van der Waals surface area contributed by atoms with E-state index in [4.69, 9.17) is 9.47 Å². The first-order chi connectivity index (χ1) is 16.8. The quantitative estimate of drug-likeness (QED) is 0.344. The third-order valence-corrected chi connectivity index (χ3v) is 6.26. The molecule has 0 unspecified atom stereocenters. The summed E-state index contributed by atoms with van der Waals surface area (Å²) in [4.78, 5) is 27.9. The molecule has 1 aromatic heterocycles. The molecule has 6 nitrogen and oxygen atoms in total. The Morgan fingerprint density at radius 2 is 1.69 bits per heavy atom. The van der Waals surface area contributed by atoms with Crippen molar-refractivity contribution < 1.29 is 19.1 Å². The number of carbonyl (C=O) groups excluding carboxylic acids is 2. The van der Waals surface area contributed by atoms with Gasteiger partial charge in [0.1, 0.15) is 5.75 Å². The molecule has 0 atom stereocenters. The molecule has 0 spiro atoms. The van der Waals surface area contributed by atoms with Crippen LogP contribution in [0.5, 0.6) is 5.75 Å². The fourth-order valence-electron chi connectivity index (χ4n) is 4.53. The van der Waals surface area contributed by atoms with Gasteiger partial charge in [0, 0.05) is 22.8 Å². The van der Waals surface area contributed by atoms with Crippen molar-refractivity contribution in [3.8, 4) is 11.4 Å². The van der Waals surface area contributed by atoms with E-state index in [1.165, 1.54) is 7.11 Å². The first-order valence-electron chi connectivity index (χ1n) is 11.6. The highest BCUT2D eigenvalue weighted by molar-refractivity contribution is 6.16. The van der Waals surface area contributed by atoms with E-state index < -0.39 is 5.97 Å². The van der Waals surface area contributed by atoms with Crippen LogP contribution < -0.4 is 4.74 Å². The first kappa shape index (κ1) is 24.1. The van der Waals surface area contributed by atoms with Crippen LogP contribution >= 0.6 is 0 Å². The highest BCUT2D eigenvalue weighted by Crippen LogP contribution is 2.34. The number of aromatic nitrogens is 1. The summed E-state index contributed by atoms with van der Waals surface area (Å²) in [7, 11) is 1.34. The van der Waals surface area contributed by atoms with Gasteiger partial charge in [0.15, 0.2) is 0 Å². The summed E-state index contributed by atoms with van der Waals surface area (Å²) in [5.41, 5.74) is 6.08. The number of carbonyl (C=O) groups is 2. The third-order valence-electron chi connectivity index (χ3n) is 6.26. The number of hydrogen-bond donors (Lipinski definition) is 0. The maximum Gasteiger partial charge on any atom is 0.340 e. The van der Waals surface area contributed by atoms with Crippen LogP contribution in [-0.2, 0) is 20.9 Å². The molecule has 0 radical (unpaired) electrons. The van der Waals surface area contributed by atoms with E-state index in [9.17, 15) is 9.59 Å². The van der Waals surface area contributed by atoms with Gasteiger partial charge in [0.25, 0.3) is 5.91 Å². The third kappa shape index (κ3) is 4.64. The second-order valence-corrected chi connectivity index (χ2v) is 8.48. The zero-order valence-electron chi connectivity index (χ0n) is 20.8. The van der Waals surface area contributed by atoms with Crippen LogP contribution in [0.25, 0.3) is 11.8 Å². The second kappa shape index (κ2) is 10.1. The van der Waals surface area contributed by atoms with Crippen LogP contribution in [0.15, 0.2) is 77.5 Å². The van der Waals surface area contributed by atoms with Gasteiger partial charge in [0.05, 0.1) is 31.4 Å². The number of methoxy groups -OCH3 is 1. The predicted molar refractivity (Wildman–Crippen MR) is 136 cm³/mol. The maximum absolute atomic E-state index is 13.5. The van der Waals surface area contributed by atoms with Crippen molar-refractivity contribution in [3.63, 3.8) is 0 Å². The van der Waals surface area contributed by atoms with Gasteiger partial charge < -0.3 is 18.9 Å². The Kier molecular flexibility index (Phi) is 6.92. The molecule has 2 aromatic carbocycles. The summed E-state index contributed by atoms with van der Waals surface area (Å²) < 4.78 is 12.7. The zero-order valence-corrected chi connectivity index (χ0v) is 20.8. The van der Waals surface area contributed by atoms with Gasteiger partial charge in [-0.05, 0) is 75.2 Å². The number of allylic oxidation sites excluding steroid dienone is 1. The summed E-state index contributed by atoms with van der Waals surface area (Å²) in [5, 5.41) is 0. The summed E-state index contributed by atoms with van der Waals surface area (Å²) in [6, 6.07) is 19.7. The number of benzene rings is 2. The van der Waals surface area contributed by atoms with E-state index in [1.807, 2.05) is 81.4 Å². The smallest absolute Gasteiger partial charge is 0.340 e. The van der Waals surface area contributed by atoms with E-state index in [0.29, 0.717) is 30.0 Å². The van der Waals surface area contributed by atoms with Crippen LogP contribution in [0.4, 0.5) is 0 Å². The van der Waals surface area contributed by atoms with Gasteiger partial charge in [-0.2, -0.15) is 0 Å². The van der Waals surface area contributed by atoms with Gasteiger partial charge >= 0.3 is 5.97 Å². The van der Waals surface area contributed by atoms with Crippen LogP contribution in [0.2, 0.25) is 0 Å². The van der Waals surface area contributed by atoms with Crippen molar-refractivity contribution in [2.45, 2.75) is 34.2 Å². The molecule has 3 aromatic rings. The van der Waals surface area contributed by atoms with E-state index in [-0.39, 0.29) is 5.91 Å². The van der Waals surface area contributed by atoms with Gasteiger partial charge in [-0.3, -0.25) is 4.79 Å². The number of ether oxygens (including phenoxy) is 2. The largest absolute Gasteiger partial charge is 0.494 e. The molecule has 1 amide bonds. The number of esters is 1. The molecule has 1 aliphatic heterocycles. The fourth-order valence-corrected chi connectivity index (χ4v) is 4.53. The van der Waals surface area contributed by atoms with E-state index in [0.717, 1.165) is 34.0 Å². The second-order valence-electron chi connectivity index (χ2n) is 8.48. The number of amides is 1. The lowest BCUT2D eigenvalue weighted by Gasteiger charge is -2.17. The molecule has 0 saturated carbocycles. The zero-order chi connectivity index (χ0) is 25.1. The lowest BCUT2D eigenvalue weighted by atomic mass is 10.0. The Hall–Kier alpha value is -4.06. The minimum Gasteiger partial charge on any atom is -0.494 e. The van der Waals surface area contributed by atoms with Crippen LogP contribution in [0, 0.1) is 13.8 Å². The molecule has 180 valence electrons. The number of hydrogen-bond acceptors (Lipinski definition) is 4. The van der Waals surface area contributed by atoms with Crippen molar-refractivity contribution in [2.75, 3.05) is 13.7 Å². The fraction of sp³-hybridized carbons (Fsp3) is 0.241. The maximum atomic E-state index is 13.5. The van der Waals surface area contributed by atoms with E-state index in [1.54, 1.807) is 17.9 Å². The average molecular weight is 471 g/mol. The summed E-state index contributed by atoms with van der Waals surface area (Å²) in [6.07, 6.45) is 1.80. The Labute approximate surface area is 206 Å². The molecule has 2 heterocycles. The normalized spacial score (nSPS) is 14.7. The number of nitrogens with zero attached hydrogens (tertiary/aromatic N) is 2. The lowest BCUT2D eigenvalue weighted by Crippen LogP contribution is -2.24. The Bertz CT molecular complexity index is 1310. The summed E-state index contributed by atoms with van der Waals surface area (Å²) >= 11 is 0. The molecule has 0 fully saturated rings. The summed E-state index contributed by atoms with van der Waals surface area (Å²) in [5.74, 6) is 0.0926. The van der Waals surface area contributed by atoms with Crippen molar-refractivity contribution in [1.82, 2.24) is 9.47 Å². The molecular formula is C29H30N2O4. The van der Waals surface area contributed by atoms with Crippen LogP contribution in [-0.4, -0.2) is 35.1 Å². The van der Waals surface area contributed by atoms with E-state index >= 15 is 0 Å². The molecule has 0 aliphatic carbocycles. The van der Waals surface area contributed by atoms with Gasteiger partial charge in [0.2, 0.25) is 0 Å². The molecule has 4 rings (SSSR count). The molecule has 0 saturated heterocycles. The minimum atomic E-state index is -0.516. The van der Waals surface area contributed by atoms with Crippen LogP contribution in [0.1, 0.15) is 36.4 Å². The lowest BCUT2D eigenvalue weighted by molar-refractivity contribution is -0.136. The van der Waals surface area contributed by atoms with Crippen molar-refractivity contribution in [3.05, 3.63) is 100 Å². The topological polar surface area (TPSA) is 60.8 Å². The SMILES string of the molecule is CCOc1ccc(-n2c(C)cc(/C=C3\C(=O)N(Cc4ccccc4)C(C)=C3C(=O)OC)c2C)cc1. The predicted octanol–water partition coefficient (Wildman–Crippen LogP) is 5.37. The molecule has 6 heteroatoms. The highest BCUT2D eigenvalue weighted by Gasteiger charge is 2.37. The monoisotopic (exact) mass is 470 g/mol.